The summed E-state index contributed by atoms with van der Waals surface area (Å²) in [7, 11) is 1.70. The fraction of sp³-hybridized carbons (Fsp3) is 0.636. The predicted octanol–water partition coefficient (Wildman–Crippen LogP) is 2.27. The predicted molar refractivity (Wildman–Crippen MR) is 56.3 cm³/mol. The van der Waals surface area contributed by atoms with Crippen LogP contribution in [0.15, 0.2) is 16.5 Å². The van der Waals surface area contributed by atoms with E-state index < -0.39 is 0 Å². The summed E-state index contributed by atoms with van der Waals surface area (Å²) in [6.07, 6.45) is 0. The van der Waals surface area contributed by atoms with Gasteiger partial charge in [-0.25, -0.2) is 0 Å². The van der Waals surface area contributed by atoms with Crippen molar-refractivity contribution in [1.82, 2.24) is 5.32 Å². The number of furan rings is 1. The van der Waals surface area contributed by atoms with Crippen LogP contribution < -0.4 is 5.32 Å². The molecule has 1 heterocycles. The van der Waals surface area contributed by atoms with E-state index in [-0.39, 0.29) is 6.04 Å². The van der Waals surface area contributed by atoms with E-state index in [1.807, 2.05) is 19.1 Å². The van der Waals surface area contributed by atoms with Gasteiger partial charge in [0.2, 0.25) is 0 Å². The molecule has 0 saturated heterocycles. The third kappa shape index (κ3) is 3.16. The lowest BCUT2D eigenvalue weighted by Crippen LogP contribution is -2.30. The molecule has 0 spiro atoms. The first-order valence-electron chi connectivity index (χ1n) is 4.94. The highest BCUT2D eigenvalue weighted by Crippen LogP contribution is 2.17. The van der Waals surface area contributed by atoms with Crippen LogP contribution in [0.1, 0.15) is 31.4 Å². The van der Waals surface area contributed by atoms with Gasteiger partial charge in [-0.2, -0.15) is 0 Å². The average Bonchev–Trinajstić information content (AvgIpc) is 2.50. The second kappa shape index (κ2) is 5.17. The summed E-state index contributed by atoms with van der Waals surface area (Å²) in [5, 5.41) is 3.39. The second-order valence-electron chi connectivity index (χ2n) is 3.78. The maximum Gasteiger partial charge on any atom is 0.123 e. The fourth-order valence-electron chi connectivity index (χ4n) is 1.42. The van der Waals surface area contributed by atoms with Gasteiger partial charge in [0.25, 0.3) is 0 Å². The normalized spacial score (nSPS) is 13.5. The third-order valence-electron chi connectivity index (χ3n) is 1.97. The Bertz CT molecular complexity index is 268. The van der Waals surface area contributed by atoms with E-state index in [0.29, 0.717) is 12.6 Å². The molecule has 14 heavy (non-hydrogen) atoms. The van der Waals surface area contributed by atoms with Crippen LogP contribution in [-0.2, 0) is 4.74 Å². The minimum atomic E-state index is 0.147. The van der Waals surface area contributed by atoms with E-state index in [1.165, 1.54) is 0 Å². The Hall–Kier alpha value is -0.800. The molecular weight excluding hydrogens is 178 g/mol. The number of hydrogen-bond donors (Lipinski definition) is 1. The molecule has 0 aliphatic carbocycles. The van der Waals surface area contributed by atoms with E-state index in [0.717, 1.165) is 11.5 Å². The first kappa shape index (κ1) is 11.3. The topological polar surface area (TPSA) is 34.4 Å². The molecule has 1 aromatic heterocycles. The van der Waals surface area contributed by atoms with Crippen LogP contribution in [0, 0.1) is 6.92 Å². The van der Waals surface area contributed by atoms with Crippen LogP contribution in [0.3, 0.4) is 0 Å². The Labute approximate surface area is 85.4 Å². The highest BCUT2D eigenvalue weighted by molar-refractivity contribution is 5.09. The van der Waals surface area contributed by atoms with Crippen LogP contribution in [0.5, 0.6) is 0 Å². The van der Waals surface area contributed by atoms with Crippen LogP contribution >= 0.6 is 0 Å². The Balaban J connectivity index is 2.66. The molecule has 1 unspecified atom stereocenters. The van der Waals surface area contributed by atoms with Gasteiger partial charge in [0, 0.05) is 13.2 Å². The quantitative estimate of drug-likeness (QED) is 0.786. The zero-order valence-electron chi connectivity index (χ0n) is 9.33. The summed E-state index contributed by atoms with van der Waals surface area (Å²) in [4.78, 5) is 0. The summed E-state index contributed by atoms with van der Waals surface area (Å²) in [5.41, 5.74) is 0. The van der Waals surface area contributed by atoms with Crippen molar-refractivity contribution in [3.05, 3.63) is 23.7 Å². The molecule has 1 atom stereocenters. The Morgan fingerprint density at radius 3 is 2.57 bits per heavy atom. The molecule has 0 aromatic carbocycles. The zero-order valence-corrected chi connectivity index (χ0v) is 9.33. The lowest BCUT2D eigenvalue weighted by atomic mass is 10.2. The summed E-state index contributed by atoms with van der Waals surface area (Å²) >= 11 is 0. The number of hydrogen-bond acceptors (Lipinski definition) is 3. The fourth-order valence-corrected chi connectivity index (χ4v) is 1.42. The highest BCUT2D eigenvalue weighted by atomic mass is 16.5. The van der Waals surface area contributed by atoms with Crippen molar-refractivity contribution < 1.29 is 9.15 Å². The highest BCUT2D eigenvalue weighted by Gasteiger charge is 2.15. The lowest BCUT2D eigenvalue weighted by Gasteiger charge is -2.18. The summed E-state index contributed by atoms with van der Waals surface area (Å²) in [5.74, 6) is 1.88. The van der Waals surface area contributed by atoms with Gasteiger partial charge in [-0.05, 0) is 19.1 Å². The van der Waals surface area contributed by atoms with Crippen LogP contribution in [0.2, 0.25) is 0 Å². The van der Waals surface area contributed by atoms with E-state index in [2.05, 4.69) is 19.2 Å². The van der Waals surface area contributed by atoms with Gasteiger partial charge >= 0.3 is 0 Å². The van der Waals surface area contributed by atoms with E-state index in [9.17, 15) is 0 Å². The Morgan fingerprint density at radius 1 is 1.43 bits per heavy atom. The molecule has 3 nitrogen and oxygen atoms in total. The molecule has 0 radical (unpaired) electrons. The van der Waals surface area contributed by atoms with E-state index in [4.69, 9.17) is 9.15 Å². The first-order chi connectivity index (χ1) is 6.63. The molecule has 1 aromatic rings. The molecule has 1 rings (SSSR count). The number of nitrogens with one attached hydrogen (secondary N) is 1. The summed E-state index contributed by atoms with van der Waals surface area (Å²) in [6.45, 7) is 6.80. The van der Waals surface area contributed by atoms with Crippen molar-refractivity contribution in [3.8, 4) is 0 Å². The van der Waals surface area contributed by atoms with Gasteiger partial charge in [-0.3, -0.25) is 0 Å². The van der Waals surface area contributed by atoms with Gasteiger partial charge < -0.3 is 14.5 Å². The van der Waals surface area contributed by atoms with E-state index in [1.54, 1.807) is 7.11 Å². The van der Waals surface area contributed by atoms with Crippen molar-refractivity contribution in [2.45, 2.75) is 32.9 Å². The molecule has 1 N–H and O–H groups in total. The third-order valence-corrected chi connectivity index (χ3v) is 1.97. The van der Waals surface area contributed by atoms with Crippen LogP contribution in [0.4, 0.5) is 0 Å². The standard InChI is InChI=1S/C11H19NO2/c1-8(2)12-10(7-13-4)11-6-5-9(3)14-11/h5-6,8,10,12H,7H2,1-4H3. The van der Waals surface area contributed by atoms with Crippen LogP contribution in [0.25, 0.3) is 0 Å². The van der Waals surface area contributed by atoms with Crippen molar-refractivity contribution in [2.24, 2.45) is 0 Å². The van der Waals surface area contributed by atoms with Crippen LogP contribution in [-0.4, -0.2) is 19.8 Å². The molecular formula is C11H19NO2. The average molecular weight is 197 g/mol. The summed E-state index contributed by atoms with van der Waals surface area (Å²) < 4.78 is 10.7. The Kier molecular flexibility index (Phi) is 4.17. The van der Waals surface area contributed by atoms with Crippen molar-refractivity contribution in [2.75, 3.05) is 13.7 Å². The van der Waals surface area contributed by atoms with Gasteiger partial charge in [-0.1, -0.05) is 13.8 Å². The molecule has 0 amide bonds. The molecule has 3 heteroatoms. The molecule has 80 valence electrons. The van der Waals surface area contributed by atoms with Gasteiger partial charge in [0.15, 0.2) is 0 Å². The SMILES string of the molecule is COCC(NC(C)C)c1ccc(C)o1. The van der Waals surface area contributed by atoms with Crippen molar-refractivity contribution in [1.29, 1.82) is 0 Å². The van der Waals surface area contributed by atoms with Gasteiger partial charge in [0.05, 0.1) is 12.6 Å². The molecule has 0 saturated carbocycles. The van der Waals surface area contributed by atoms with E-state index >= 15 is 0 Å². The largest absolute Gasteiger partial charge is 0.465 e. The first-order valence-corrected chi connectivity index (χ1v) is 4.94. The monoisotopic (exact) mass is 197 g/mol. The zero-order chi connectivity index (χ0) is 10.6. The lowest BCUT2D eigenvalue weighted by molar-refractivity contribution is 0.152. The Morgan fingerprint density at radius 2 is 2.14 bits per heavy atom. The van der Waals surface area contributed by atoms with Crippen molar-refractivity contribution >= 4 is 0 Å². The molecule has 0 aliphatic rings. The molecule has 0 fully saturated rings. The molecule has 0 bridgehead atoms. The molecule has 0 aliphatic heterocycles. The maximum atomic E-state index is 5.56. The number of methoxy groups -OCH3 is 1. The number of aryl methyl sites for hydroxylation is 1. The van der Waals surface area contributed by atoms with Gasteiger partial charge in [-0.15, -0.1) is 0 Å². The minimum absolute atomic E-state index is 0.147. The number of rotatable bonds is 5. The van der Waals surface area contributed by atoms with Crippen molar-refractivity contribution in [3.63, 3.8) is 0 Å². The second-order valence-corrected chi connectivity index (χ2v) is 3.78. The summed E-state index contributed by atoms with van der Waals surface area (Å²) in [6, 6.07) is 4.53. The van der Waals surface area contributed by atoms with Gasteiger partial charge in [0.1, 0.15) is 11.5 Å². The maximum absolute atomic E-state index is 5.56. The minimum Gasteiger partial charge on any atom is -0.465 e. The smallest absolute Gasteiger partial charge is 0.123 e. The number of ether oxygens (including phenoxy) is 1.